The summed E-state index contributed by atoms with van der Waals surface area (Å²) >= 11 is 0. The molecular weight excluding hydrogens is 364 g/mol. The van der Waals surface area contributed by atoms with E-state index in [2.05, 4.69) is 33.8 Å². The maximum absolute atomic E-state index is 12.9. The number of rotatable bonds is 4. The fourth-order valence-electron chi connectivity index (χ4n) is 4.04. The molecule has 1 atom stereocenters. The van der Waals surface area contributed by atoms with Gasteiger partial charge in [-0.1, -0.05) is 24.2 Å². The third-order valence-corrected chi connectivity index (χ3v) is 5.65. The molecule has 3 aromatic heterocycles. The highest BCUT2D eigenvalue weighted by molar-refractivity contribution is 6.00. The minimum absolute atomic E-state index is 0.00909. The van der Waals surface area contributed by atoms with Crippen LogP contribution in [0.2, 0.25) is 0 Å². The smallest absolute Gasteiger partial charge is 0.255 e. The lowest BCUT2D eigenvalue weighted by atomic mass is 10.0. The van der Waals surface area contributed by atoms with Crippen LogP contribution in [0.25, 0.3) is 16.8 Å². The summed E-state index contributed by atoms with van der Waals surface area (Å²) in [4.78, 5) is 12.9. The van der Waals surface area contributed by atoms with Gasteiger partial charge in [0.15, 0.2) is 0 Å². The van der Waals surface area contributed by atoms with Crippen molar-refractivity contribution in [1.29, 1.82) is 0 Å². The number of hydrogen-bond acceptors (Lipinski definition) is 4. The summed E-state index contributed by atoms with van der Waals surface area (Å²) in [5, 5.41) is 11.7. The van der Waals surface area contributed by atoms with Crippen LogP contribution in [-0.2, 0) is 12.8 Å². The molecule has 0 aliphatic heterocycles. The predicted octanol–water partition coefficient (Wildman–Crippen LogP) is 4.28. The van der Waals surface area contributed by atoms with E-state index in [1.54, 1.807) is 10.7 Å². The lowest BCUT2D eigenvalue weighted by molar-refractivity contribution is 0.0938. The largest absolute Gasteiger partial charge is 0.361 e. The van der Waals surface area contributed by atoms with E-state index in [1.165, 1.54) is 11.1 Å². The highest BCUT2D eigenvalue weighted by Crippen LogP contribution is 2.34. The molecule has 6 nitrogen and oxygen atoms in total. The van der Waals surface area contributed by atoms with E-state index in [4.69, 9.17) is 4.52 Å². The minimum atomic E-state index is -0.0865. The zero-order chi connectivity index (χ0) is 20.0. The quantitative estimate of drug-likeness (QED) is 0.568. The van der Waals surface area contributed by atoms with Gasteiger partial charge in [0.1, 0.15) is 11.5 Å². The van der Waals surface area contributed by atoms with Crippen LogP contribution in [0.1, 0.15) is 52.2 Å². The van der Waals surface area contributed by atoms with Crippen LogP contribution >= 0.6 is 0 Å². The Bertz CT molecular complexity index is 1220. The number of hydrogen-bond donors (Lipinski definition) is 1. The molecule has 4 aromatic rings. The Morgan fingerprint density at radius 1 is 1.28 bits per heavy atom. The summed E-state index contributed by atoms with van der Waals surface area (Å²) in [7, 11) is 0. The van der Waals surface area contributed by atoms with Crippen LogP contribution in [0, 0.1) is 6.92 Å². The second-order valence-electron chi connectivity index (χ2n) is 7.60. The van der Waals surface area contributed by atoms with Gasteiger partial charge >= 0.3 is 0 Å². The number of aryl methyl sites for hydroxylation is 3. The number of carbonyl (C=O) groups excluding carboxylic acids is 1. The first-order chi connectivity index (χ1) is 14.1. The van der Waals surface area contributed by atoms with Crippen LogP contribution in [0.5, 0.6) is 0 Å². The van der Waals surface area contributed by atoms with Gasteiger partial charge in [0.2, 0.25) is 0 Å². The van der Waals surface area contributed by atoms with Crippen LogP contribution in [0.3, 0.4) is 0 Å². The lowest BCUT2D eigenvalue weighted by Crippen LogP contribution is -2.27. The maximum Gasteiger partial charge on any atom is 0.255 e. The number of pyridine rings is 1. The molecule has 0 radical (unpaired) electrons. The molecule has 146 valence electrons. The van der Waals surface area contributed by atoms with Crippen molar-refractivity contribution in [3.8, 4) is 11.3 Å². The zero-order valence-corrected chi connectivity index (χ0v) is 16.5. The van der Waals surface area contributed by atoms with Gasteiger partial charge in [-0.2, -0.15) is 5.10 Å². The van der Waals surface area contributed by atoms with Gasteiger partial charge in [0.05, 0.1) is 23.3 Å². The topological polar surface area (TPSA) is 72.4 Å². The van der Waals surface area contributed by atoms with E-state index in [9.17, 15) is 4.79 Å². The number of nitrogens with zero attached hydrogens (tertiary/aromatic N) is 3. The van der Waals surface area contributed by atoms with Gasteiger partial charge in [-0.25, -0.2) is 4.52 Å². The zero-order valence-electron chi connectivity index (χ0n) is 16.5. The Kier molecular flexibility index (Phi) is 4.19. The summed E-state index contributed by atoms with van der Waals surface area (Å²) in [6.07, 6.45) is 6.16. The molecule has 0 saturated heterocycles. The van der Waals surface area contributed by atoms with Gasteiger partial charge in [0, 0.05) is 24.2 Å². The highest BCUT2D eigenvalue weighted by atomic mass is 16.5. The first-order valence-electron chi connectivity index (χ1n) is 9.96. The number of fused-ring (bicyclic) bond motifs is 2. The summed E-state index contributed by atoms with van der Waals surface area (Å²) in [5.41, 5.74) is 6.88. The van der Waals surface area contributed by atoms with Crippen molar-refractivity contribution in [1.82, 2.24) is 20.1 Å². The number of aromatic nitrogens is 3. The van der Waals surface area contributed by atoms with Crippen LogP contribution in [0.15, 0.2) is 53.3 Å². The van der Waals surface area contributed by atoms with Gasteiger partial charge in [-0.05, 0) is 54.7 Å². The third kappa shape index (κ3) is 3.10. The van der Waals surface area contributed by atoms with E-state index in [1.807, 2.05) is 38.2 Å². The maximum atomic E-state index is 12.9. The van der Waals surface area contributed by atoms with Crippen molar-refractivity contribution in [3.63, 3.8) is 0 Å². The molecule has 29 heavy (non-hydrogen) atoms. The monoisotopic (exact) mass is 386 g/mol. The fraction of sp³-hybridized carbons (Fsp3) is 0.261. The van der Waals surface area contributed by atoms with Crippen molar-refractivity contribution >= 4 is 11.4 Å². The summed E-state index contributed by atoms with van der Waals surface area (Å²) in [6.45, 7) is 4.06. The molecule has 1 aliphatic rings. The number of nitrogens with one attached hydrogen (secondary N) is 1. The van der Waals surface area contributed by atoms with Crippen molar-refractivity contribution < 1.29 is 9.32 Å². The Labute approximate surface area is 168 Å². The van der Waals surface area contributed by atoms with Gasteiger partial charge in [-0.15, -0.1) is 0 Å². The predicted molar refractivity (Wildman–Crippen MR) is 110 cm³/mol. The Balaban J connectivity index is 1.39. The summed E-state index contributed by atoms with van der Waals surface area (Å²) < 4.78 is 7.07. The molecule has 0 saturated carbocycles. The molecule has 1 aliphatic carbocycles. The lowest BCUT2D eigenvalue weighted by Gasteiger charge is -2.14. The molecule has 5 rings (SSSR count). The Hall–Kier alpha value is -3.41. The number of benzene rings is 1. The van der Waals surface area contributed by atoms with Crippen molar-refractivity contribution in [2.45, 2.75) is 39.2 Å². The van der Waals surface area contributed by atoms with Gasteiger partial charge in [0.25, 0.3) is 5.91 Å². The molecule has 0 bridgehead atoms. The second kappa shape index (κ2) is 6.88. The molecule has 0 unspecified atom stereocenters. The molecule has 1 N–H and O–H groups in total. The van der Waals surface area contributed by atoms with Crippen molar-refractivity contribution in [2.24, 2.45) is 0 Å². The normalized spacial score (nSPS) is 15.6. The third-order valence-electron chi connectivity index (χ3n) is 5.65. The molecule has 1 amide bonds. The van der Waals surface area contributed by atoms with Crippen LogP contribution < -0.4 is 5.32 Å². The van der Waals surface area contributed by atoms with E-state index in [-0.39, 0.29) is 11.9 Å². The minimum Gasteiger partial charge on any atom is -0.361 e. The van der Waals surface area contributed by atoms with Crippen molar-refractivity contribution in [3.05, 3.63) is 76.8 Å². The second-order valence-corrected chi connectivity index (χ2v) is 7.60. The van der Waals surface area contributed by atoms with Gasteiger partial charge in [-0.3, -0.25) is 4.79 Å². The van der Waals surface area contributed by atoms with Crippen molar-refractivity contribution in [2.75, 3.05) is 0 Å². The average Bonchev–Trinajstić information content (AvgIpc) is 3.45. The van der Waals surface area contributed by atoms with Crippen LogP contribution in [0.4, 0.5) is 0 Å². The SMILES string of the molecule is CCc1cc(-c2ccc3c(c2)CC[C@H]3NC(=O)c2cnn3ccc(C)cc23)no1. The molecule has 3 heterocycles. The molecule has 1 aromatic carbocycles. The molecule has 0 fully saturated rings. The standard InChI is InChI=1S/C23H22N4O2/c1-3-17-12-21(26-29-17)16-4-6-18-15(11-16)5-7-20(18)25-23(28)19-13-24-27-9-8-14(2)10-22(19)27/h4,6,8-13,20H,3,5,7H2,1-2H3,(H,25,28)/t20-/m1/s1. The molecular formula is C23H22N4O2. The average molecular weight is 386 g/mol. The van der Waals surface area contributed by atoms with Gasteiger partial charge < -0.3 is 9.84 Å². The first-order valence-corrected chi connectivity index (χ1v) is 9.96. The van der Waals surface area contributed by atoms with E-state index >= 15 is 0 Å². The fourth-order valence-corrected chi connectivity index (χ4v) is 4.04. The first kappa shape index (κ1) is 17.7. The Morgan fingerprint density at radius 2 is 2.17 bits per heavy atom. The highest BCUT2D eigenvalue weighted by Gasteiger charge is 2.26. The number of amides is 1. The Morgan fingerprint density at radius 3 is 3.00 bits per heavy atom. The van der Waals surface area contributed by atoms with E-state index in [0.717, 1.165) is 47.4 Å². The molecule has 6 heteroatoms. The van der Waals surface area contributed by atoms with Crippen LogP contribution in [-0.4, -0.2) is 20.7 Å². The number of carbonyl (C=O) groups is 1. The summed E-state index contributed by atoms with van der Waals surface area (Å²) in [5.74, 6) is 0.797. The summed E-state index contributed by atoms with van der Waals surface area (Å²) in [6, 6.07) is 12.3. The van der Waals surface area contributed by atoms with E-state index in [0.29, 0.717) is 5.56 Å². The van der Waals surface area contributed by atoms with E-state index < -0.39 is 0 Å². The molecule has 0 spiro atoms.